The molecule has 7 nitrogen and oxygen atoms in total. The van der Waals surface area contributed by atoms with Crippen molar-refractivity contribution >= 4 is 33.3 Å². The van der Waals surface area contributed by atoms with E-state index in [0.717, 1.165) is 6.07 Å². The van der Waals surface area contributed by atoms with Gasteiger partial charge in [-0.05, 0) is 18.2 Å². The molecule has 0 aliphatic rings. The van der Waals surface area contributed by atoms with E-state index >= 15 is 0 Å². The van der Waals surface area contributed by atoms with Gasteiger partial charge in [0, 0.05) is 6.20 Å². The van der Waals surface area contributed by atoms with E-state index in [9.17, 15) is 13.2 Å². The van der Waals surface area contributed by atoms with Gasteiger partial charge in [0.25, 0.3) is 10.0 Å². The highest BCUT2D eigenvalue weighted by atomic mass is 35.5. The summed E-state index contributed by atoms with van der Waals surface area (Å²) in [4.78, 5) is 10.7. The van der Waals surface area contributed by atoms with Gasteiger partial charge >= 0.3 is 5.97 Å². The summed E-state index contributed by atoms with van der Waals surface area (Å²) in [5.41, 5.74) is -0.0384. The molecule has 3 N–H and O–H groups in total. The predicted octanol–water partition coefficient (Wildman–Crippen LogP) is 1.56. The number of aromatic nitrogens is 2. The van der Waals surface area contributed by atoms with Crippen LogP contribution in [0.1, 0.15) is 10.4 Å². The van der Waals surface area contributed by atoms with Crippen LogP contribution in [0, 0.1) is 0 Å². The Labute approximate surface area is 113 Å². The first-order valence-electron chi connectivity index (χ1n) is 4.94. The molecule has 0 fully saturated rings. The molecule has 2 rings (SSSR count). The minimum Gasteiger partial charge on any atom is -0.478 e. The third-order valence-corrected chi connectivity index (χ3v) is 3.94. The van der Waals surface area contributed by atoms with Crippen LogP contribution in [-0.2, 0) is 10.0 Å². The molecule has 9 heteroatoms. The van der Waals surface area contributed by atoms with E-state index in [-0.39, 0.29) is 21.2 Å². The first-order valence-corrected chi connectivity index (χ1v) is 6.81. The number of carboxylic acid groups (broad SMARTS) is 1. The number of nitrogens with one attached hydrogen (secondary N) is 2. The average Bonchev–Trinajstić information content (AvgIpc) is 2.80. The second kappa shape index (κ2) is 4.90. The maximum Gasteiger partial charge on any atom is 0.337 e. The number of H-pyrrole nitrogens is 1. The van der Waals surface area contributed by atoms with Crippen LogP contribution in [-0.4, -0.2) is 29.7 Å². The number of halogens is 1. The van der Waals surface area contributed by atoms with Crippen LogP contribution in [0.5, 0.6) is 0 Å². The van der Waals surface area contributed by atoms with Crippen LogP contribution in [0.2, 0.25) is 5.02 Å². The molecule has 2 aromatic rings. The number of carbonyl (C=O) groups is 1. The van der Waals surface area contributed by atoms with Gasteiger partial charge in [0.1, 0.15) is 0 Å². The fraction of sp³-hybridized carbons (Fsp3) is 0. The second-order valence-corrected chi connectivity index (χ2v) is 5.63. The number of carboxylic acids is 1. The van der Waals surface area contributed by atoms with Gasteiger partial charge in [-0.2, -0.15) is 5.10 Å². The van der Waals surface area contributed by atoms with Gasteiger partial charge < -0.3 is 5.11 Å². The standard InChI is InChI=1S/C10H8ClN3O4S/c11-9-2-1-7(3-8(9)10(15)16)19(17,18)14-6-4-12-13-5-6/h1-5,14H,(H,12,13)(H,15,16). The maximum absolute atomic E-state index is 12.0. The van der Waals surface area contributed by atoms with E-state index < -0.39 is 16.0 Å². The van der Waals surface area contributed by atoms with Crippen LogP contribution in [0.4, 0.5) is 5.69 Å². The lowest BCUT2D eigenvalue weighted by atomic mass is 10.2. The first kappa shape index (κ1) is 13.4. The summed E-state index contributed by atoms with van der Waals surface area (Å²) in [5.74, 6) is -1.30. The summed E-state index contributed by atoms with van der Waals surface area (Å²) < 4.78 is 26.2. The van der Waals surface area contributed by atoms with Crippen molar-refractivity contribution in [1.29, 1.82) is 0 Å². The van der Waals surface area contributed by atoms with Crippen LogP contribution >= 0.6 is 11.6 Å². The van der Waals surface area contributed by atoms with E-state index in [4.69, 9.17) is 16.7 Å². The highest BCUT2D eigenvalue weighted by Gasteiger charge is 2.18. The number of nitrogens with zero attached hydrogens (tertiary/aromatic N) is 1. The number of hydrogen-bond donors (Lipinski definition) is 3. The van der Waals surface area contributed by atoms with E-state index in [1.165, 1.54) is 24.5 Å². The number of aromatic amines is 1. The zero-order chi connectivity index (χ0) is 14.0. The Morgan fingerprint density at radius 2 is 2.16 bits per heavy atom. The Balaban J connectivity index is 2.41. The molecule has 0 saturated heterocycles. The summed E-state index contributed by atoms with van der Waals surface area (Å²) in [6.07, 6.45) is 2.64. The van der Waals surface area contributed by atoms with E-state index in [1.54, 1.807) is 0 Å². The lowest BCUT2D eigenvalue weighted by molar-refractivity contribution is 0.0697. The highest BCUT2D eigenvalue weighted by molar-refractivity contribution is 7.92. The van der Waals surface area contributed by atoms with Gasteiger partial charge in [0.05, 0.1) is 27.4 Å². The van der Waals surface area contributed by atoms with Crippen LogP contribution in [0.15, 0.2) is 35.5 Å². The Hall–Kier alpha value is -2.06. The fourth-order valence-electron chi connectivity index (χ4n) is 1.36. The summed E-state index contributed by atoms with van der Waals surface area (Å²) in [7, 11) is -3.89. The molecule has 100 valence electrons. The molecule has 0 saturated carbocycles. The van der Waals surface area contributed by atoms with Crippen molar-refractivity contribution in [3.05, 3.63) is 41.2 Å². The molecule has 0 amide bonds. The molecule has 0 radical (unpaired) electrons. The first-order chi connectivity index (χ1) is 8.90. The molecular weight excluding hydrogens is 294 g/mol. The van der Waals surface area contributed by atoms with Crippen molar-refractivity contribution in [3.8, 4) is 0 Å². The lowest BCUT2D eigenvalue weighted by Gasteiger charge is -2.07. The molecule has 1 heterocycles. The molecule has 1 aromatic heterocycles. The molecule has 0 unspecified atom stereocenters. The van der Waals surface area contributed by atoms with Crippen LogP contribution in [0.25, 0.3) is 0 Å². The highest BCUT2D eigenvalue weighted by Crippen LogP contribution is 2.22. The minimum absolute atomic E-state index is 0.0326. The van der Waals surface area contributed by atoms with Crippen molar-refractivity contribution in [3.63, 3.8) is 0 Å². The number of sulfonamides is 1. The molecule has 0 aliphatic heterocycles. The van der Waals surface area contributed by atoms with E-state index in [1.807, 2.05) is 0 Å². The van der Waals surface area contributed by atoms with Crippen molar-refractivity contribution in [1.82, 2.24) is 10.2 Å². The van der Waals surface area contributed by atoms with E-state index in [0.29, 0.717) is 0 Å². The molecule has 0 atom stereocenters. The van der Waals surface area contributed by atoms with Gasteiger partial charge in [-0.1, -0.05) is 11.6 Å². The lowest BCUT2D eigenvalue weighted by Crippen LogP contribution is -2.13. The monoisotopic (exact) mass is 301 g/mol. The van der Waals surface area contributed by atoms with Crippen LogP contribution < -0.4 is 4.72 Å². The third-order valence-electron chi connectivity index (χ3n) is 2.23. The number of hydrogen-bond acceptors (Lipinski definition) is 4. The molecule has 1 aromatic carbocycles. The smallest absolute Gasteiger partial charge is 0.337 e. The fourth-order valence-corrected chi connectivity index (χ4v) is 2.61. The summed E-state index contributed by atoms with van der Waals surface area (Å²) in [6.45, 7) is 0. The predicted molar refractivity (Wildman–Crippen MR) is 67.8 cm³/mol. The Morgan fingerprint density at radius 3 is 2.74 bits per heavy atom. The summed E-state index contributed by atoms with van der Waals surface area (Å²) >= 11 is 5.67. The minimum atomic E-state index is -3.89. The largest absolute Gasteiger partial charge is 0.478 e. The van der Waals surface area contributed by atoms with Crippen molar-refractivity contribution in [2.24, 2.45) is 0 Å². The zero-order valence-electron chi connectivity index (χ0n) is 9.29. The Morgan fingerprint density at radius 1 is 1.42 bits per heavy atom. The van der Waals surface area contributed by atoms with Crippen LogP contribution in [0.3, 0.4) is 0 Å². The zero-order valence-corrected chi connectivity index (χ0v) is 10.9. The topological polar surface area (TPSA) is 112 Å². The molecule has 19 heavy (non-hydrogen) atoms. The van der Waals surface area contributed by atoms with Crippen molar-refractivity contribution in [2.45, 2.75) is 4.90 Å². The third kappa shape index (κ3) is 2.85. The maximum atomic E-state index is 12.0. The molecule has 0 spiro atoms. The normalized spacial score (nSPS) is 11.2. The number of anilines is 1. The summed E-state index contributed by atoms with van der Waals surface area (Å²) in [5, 5.41) is 14.9. The van der Waals surface area contributed by atoms with Crippen molar-refractivity contribution < 1.29 is 18.3 Å². The number of benzene rings is 1. The SMILES string of the molecule is O=C(O)c1cc(S(=O)(=O)Nc2cn[nH]c2)ccc1Cl. The second-order valence-electron chi connectivity index (χ2n) is 3.54. The van der Waals surface area contributed by atoms with Gasteiger partial charge in [0.15, 0.2) is 0 Å². The van der Waals surface area contributed by atoms with Gasteiger partial charge in [-0.25, -0.2) is 13.2 Å². The van der Waals surface area contributed by atoms with Gasteiger partial charge in [-0.3, -0.25) is 9.82 Å². The Bertz CT molecular complexity index is 712. The summed E-state index contributed by atoms with van der Waals surface area (Å²) in [6, 6.07) is 3.43. The van der Waals surface area contributed by atoms with E-state index in [2.05, 4.69) is 14.9 Å². The average molecular weight is 302 g/mol. The number of rotatable bonds is 4. The Kier molecular flexibility index (Phi) is 3.45. The molecule has 0 aliphatic carbocycles. The van der Waals surface area contributed by atoms with Gasteiger partial charge in [-0.15, -0.1) is 0 Å². The quantitative estimate of drug-likeness (QED) is 0.793. The van der Waals surface area contributed by atoms with Crippen molar-refractivity contribution in [2.75, 3.05) is 4.72 Å². The molecule has 0 bridgehead atoms. The number of aromatic carboxylic acids is 1. The van der Waals surface area contributed by atoms with Gasteiger partial charge in [0.2, 0.25) is 0 Å². The molecular formula is C10H8ClN3O4S.